The van der Waals surface area contributed by atoms with Crippen LogP contribution in [-0.2, 0) is 6.42 Å². The topological polar surface area (TPSA) is 59.6 Å². The first kappa shape index (κ1) is 12.3. The fourth-order valence-corrected chi connectivity index (χ4v) is 2.63. The van der Waals surface area contributed by atoms with Gasteiger partial charge in [-0.2, -0.15) is 10.5 Å². The van der Waals surface area contributed by atoms with Crippen LogP contribution in [0.1, 0.15) is 28.2 Å². The first-order valence-corrected chi connectivity index (χ1v) is 6.57. The molecule has 0 amide bonds. The predicted molar refractivity (Wildman–Crippen MR) is 77.2 cm³/mol. The highest BCUT2D eigenvalue weighted by molar-refractivity contribution is 5.56. The van der Waals surface area contributed by atoms with Crippen molar-refractivity contribution >= 4 is 5.69 Å². The number of benzene rings is 2. The monoisotopic (exact) mass is 259 g/mol. The maximum atomic E-state index is 9.01. The SMILES string of the molecule is N#Cc1ccc(NCC2Cc3ccccc32)cc1C#N. The molecule has 1 unspecified atom stereocenters. The number of anilines is 1. The molecule has 2 aromatic carbocycles. The lowest BCUT2D eigenvalue weighted by molar-refractivity contribution is 0.636. The largest absolute Gasteiger partial charge is 0.384 e. The van der Waals surface area contributed by atoms with Crippen molar-refractivity contribution in [3.8, 4) is 12.1 Å². The Labute approximate surface area is 118 Å². The maximum Gasteiger partial charge on any atom is 0.101 e. The zero-order valence-electron chi connectivity index (χ0n) is 10.9. The summed E-state index contributed by atoms with van der Waals surface area (Å²) in [5, 5.41) is 21.3. The van der Waals surface area contributed by atoms with Crippen molar-refractivity contribution < 1.29 is 0 Å². The third-order valence-corrected chi connectivity index (χ3v) is 3.77. The van der Waals surface area contributed by atoms with Crippen LogP contribution in [0.25, 0.3) is 0 Å². The van der Waals surface area contributed by atoms with Gasteiger partial charge in [0.25, 0.3) is 0 Å². The summed E-state index contributed by atoms with van der Waals surface area (Å²) in [6.07, 6.45) is 1.10. The summed E-state index contributed by atoms with van der Waals surface area (Å²) >= 11 is 0. The van der Waals surface area contributed by atoms with E-state index in [0.29, 0.717) is 17.0 Å². The van der Waals surface area contributed by atoms with Crippen LogP contribution in [0.4, 0.5) is 5.69 Å². The van der Waals surface area contributed by atoms with E-state index in [-0.39, 0.29) is 0 Å². The molecular formula is C17H13N3. The Morgan fingerprint density at radius 3 is 2.60 bits per heavy atom. The van der Waals surface area contributed by atoms with E-state index >= 15 is 0 Å². The molecule has 1 N–H and O–H groups in total. The summed E-state index contributed by atoms with van der Waals surface area (Å²) in [7, 11) is 0. The van der Waals surface area contributed by atoms with Gasteiger partial charge in [0.2, 0.25) is 0 Å². The molecule has 1 aliphatic rings. The number of nitrogens with one attached hydrogen (secondary N) is 1. The van der Waals surface area contributed by atoms with Crippen LogP contribution in [0.5, 0.6) is 0 Å². The van der Waals surface area contributed by atoms with Gasteiger partial charge in [-0.05, 0) is 35.7 Å². The number of hydrogen-bond donors (Lipinski definition) is 1. The Kier molecular flexibility index (Phi) is 3.11. The lowest BCUT2D eigenvalue weighted by atomic mass is 9.77. The minimum atomic E-state index is 0.423. The second-order valence-electron chi connectivity index (χ2n) is 4.96. The summed E-state index contributed by atoms with van der Waals surface area (Å²) in [6.45, 7) is 0.855. The Bertz CT molecular complexity index is 735. The van der Waals surface area contributed by atoms with Gasteiger partial charge < -0.3 is 5.32 Å². The van der Waals surface area contributed by atoms with Crippen molar-refractivity contribution in [2.75, 3.05) is 11.9 Å². The third kappa shape index (κ3) is 2.11. The van der Waals surface area contributed by atoms with Crippen molar-refractivity contribution in [3.05, 3.63) is 64.7 Å². The molecule has 1 aliphatic carbocycles. The van der Waals surface area contributed by atoms with Gasteiger partial charge in [-0.15, -0.1) is 0 Å². The normalized spacial score (nSPS) is 15.4. The van der Waals surface area contributed by atoms with E-state index in [9.17, 15) is 0 Å². The average Bonchev–Trinajstić information content (AvgIpc) is 2.48. The zero-order valence-corrected chi connectivity index (χ0v) is 10.9. The van der Waals surface area contributed by atoms with Crippen LogP contribution in [0.15, 0.2) is 42.5 Å². The third-order valence-electron chi connectivity index (χ3n) is 3.77. The lowest BCUT2D eigenvalue weighted by Gasteiger charge is -2.30. The minimum Gasteiger partial charge on any atom is -0.384 e. The second-order valence-corrected chi connectivity index (χ2v) is 4.96. The van der Waals surface area contributed by atoms with E-state index in [1.165, 1.54) is 11.1 Å². The number of nitrogens with zero attached hydrogens (tertiary/aromatic N) is 2. The van der Waals surface area contributed by atoms with Gasteiger partial charge >= 0.3 is 0 Å². The van der Waals surface area contributed by atoms with Crippen LogP contribution in [-0.4, -0.2) is 6.54 Å². The van der Waals surface area contributed by atoms with E-state index in [2.05, 4.69) is 35.7 Å². The lowest BCUT2D eigenvalue weighted by Crippen LogP contribution is -2.24. The van der Waals surface area contributed by atoms with E-state index in [1.54, 1.807) is 12.1 Å². The first-order valence-electron chi connectivity index (χ1n) is 6.57. The Morgan fingerprint density at radius 1 is 1.05 bits per heavy atom. The van der Waals surface area contributed by atoms with Crippen molar-refractivity contribution in [2.24, 2.45) is 0 Å². The molecule has 0 radical (unpaired) electrons. The molecule has 0 saturated carbocycles. The molecule has 0 heterocycles. The number of nitriles is 2. The molecule has 3 heteroatoms. The average molecular weight is 259 g/mol. The van der Waals surface area contributed by atoms with Crippen molar-refractivity contribution in [1.29, 1.82) is 10.5 Å². The standard InChI is InChI=1S/C17H13N3/c18-9-13-5-6-16(8-14(13)10-19)20-11-15-7-12-3-1-2-4-17(12)15/h1-6,8,15,20H,7,11H2. The van der Waals surface area contributed by atoms with E-state index in [0.717, 1.165) is 18.7 Å². The van der Waals surface area contributed by atoms with Gasteiger partial charge in [-0.25, -0.2) is 0 Å². The first-order chi connectivity index (χ1) is 9.81. The van der Waals surface area contributed by atoms with E-state index < -0.39 is 0 Å². The van der Waals surface area contributed by atoms with Crippen LogP contribution in [0, 0.1) is 22.7 Å². The highest BCUT2D eigenvalue weighted by Crippen LogP contribution is 2.34. The fraction of sp³-hybridized carbons (Fsp3) is 0.176. The molecule has 3 nitrogen and oxygen atoms in total. The van der Waals surface area contributed by atoms with E-state index in [4.69, 9.17) is 10.5 Å². The van der Waals surface area contributed by atoms with Gasteiger partial charge in [0.15, 0.2) is 0 Å². The summed E-state index contributed by atoms with van der Waals surface area (Å²) in [6, 6.07) is 17.8. The van der Waals surface area contributed by atoms with Crippen LogP contribution in [0.3, 0.4) is 0 Å². The van der Waals surface area contributed by atoms with Gasteiger partial charge in [0, 0.05) is 18.2 Å². The minimum absolute atomic E-state index is 0.423. The molecule has 0 aromatic heterocycles. The van der Waals surface area contributed by atoms with Gasteiger partial charge in [0.1, 0.15) is 12.1 Å². The summed E-state index contributed by atoms with van der Waals surface area (Å²) in [4.78, 5) is 0. The van der Waals surface area contributed by atoms with Crippen molar-refractivity contribution in [1.82, 2.24) is 0 Å². The predicted octanol–water partition coefficient (Wildman–Crippen LogP) is 3.18. The number of fused-ring (bicyclic) bond motifs is 1. The highest BCUT2D eigenvalue weighted by atomic mass is 14.9. The van der Waals surface area contributed by atoms with E-state index in [1.807, 2.05) is 12.1 Å². The second kappa shape index (κ2) is 5.07. The molecule has 3 rings (SSSR count). The molecule has 20 heavy (non-hydrogen) atoms. The summed E-state index contributed by atoms with van der Waals surface area (Å²) in [5.41, 5.74) is 4.58. The summed E-state index contributed by atoms with van der Waals surface area (Å²) in [5.74, 6) is 0.535. The molecule has 0 bridgehead atoms. The van der Waals surface area contributed by atoms with Gasteiger partial charge in [0.05, 0.1) is 11.1 Å². The molecule has 2 aromatic rings. The molecular weight excluding hydrogens is 246 g/mol. The smallest absolute Gasteiger partial charge is 0.101 e. The highest BCUT2D eigenvalue weighted by Gasteiger charge is 2.24. The van der Waals surface area contributed by atoms with Crippen LogP contribution in [0.2, 0.25) is 0 Å². The molecule has 0 spiro atoms. The van der Waals surface area contributed by atoms with Gasteiger partial charge in [-0.1, -0.05) is 24.3 Å². The van der Waals surface area contributed by atoms with Crippen LogP contribution >= 0.6 is 0 Å². The zero-order chi connectivity index (χ0) is 13.9. The van der Waals surface area contributed by atoms with Crippen molar-refractivity contribution in [3.63, 3.8) is 0 Å². The molecule has 0 aliphatic heterocycles. The van der Waals surface area contributed by atoms with Crippen molar-refractivity contribution in [2.45, 2.75) is 12.3 Å². The maximum absolute atomic E-state index is 9.01. The van der Waals surface area contributed by atoms with Gasteiger partial charge in [-0.3, -0.25) is 0 Å². The molecule has 96 valence electrons. The number of hydrogen-bond acceptors (Lipinski definition) is 3. The number of rotatable bonds is 3. The molecule has 1 atom stereocenters. The van der Waals surface area contributed by atoms with Crippen LogP contribution < -0.4 is 5.32 Å². The Hall–Kier alpha value is -2.78. The Morgan fingerprint density at radius 2 is 1.85 bits per heavy atom. The summed E-state index contributed by atoms with van der Waals surface area (Å²) < 4.78 is 0. The Balaban J connectivity index is 1.69. The molecule has 0 fully saturated rings. The fourth-order valence-electron chi connectivity index (χ4n) is 2.63. The quantitative estimate of drug-likeness (QED) is 0.920. The molecule has 0 saturated heterocycles.